The first-order valence-corrected chi connectivity index (χ1v) is 13.8. The molecule has 1 aromatic heterocycles. The number of morpholine rings is 2. The summed E-state index contributed by atoms with van der Waals surface area (Å²) in [5.74, 6) is -0.150. The van der Waals surface area contributed by atoms with Gasteiger partial charge in [0.05, 0.1) is 48.9 Å². The molecule has 2 N–H and O–H groups in total. The summed E-state index contributed by atoms with van der Waals surface area (Å²) in [5, 5.41) is 11.6. The lowest BCUT2D eigenvalue weighted by molar-refractivity contribution is 0.0342. The lowest BCUT2D eigenvalue weighted by Gasteiger charge is -2.31. The van der Waals surface area contributed by atoms with Crippen molar-refractivity contribution in [1.82, 2.24) is 15.1 Å². The second-order valence-corrected chi connectivity index (χ2v) is 10.2. The number of nitrogens with zero attached hydrogens (tertiary/aromatic N) is 3. The maximum absolute atomic E-state index is 13.5. The van der Waals surface area contributed by atoms with Gasteiger partial charge in [-0.1, -0.05) is 36.4 Å². The number of H-pyrrole nitrogens is 1. The molecule has 9 nitrogen and oxygen atoms in total. The summed E-state index contributed by atoms with van der Waals surface area (Å²) in [6.45, 7) is 6.86. The van der Waals surface area contributed by atoms with Gasteiger partial charge in [0.15, 0.2) is 0 Å². The first kappa shape index (κ1) is 26.2. The van der Waals surface area contributed by atoms with E-state index in [2.05, 4.69) is 43.5 Å². The van der Waals surface area contributed by atoms with Crippen LogP contribution in [0.3, 0.4) is 0 Å². The van der Waals surface area contributed by atoms with Crippen molar-refractivity contribution in [2.45, 2.75) is 13.0 Å². The van der Waals surface area contributed by atoms with Crippen molar-refractivity contribution in [2.24, 2.45) is 0 Å². The molecule has 0 bridgehead atoms. The molecular weight excluding hydrogens is 506 g/mol. The van der Waals surface area contributed by atoms with Crippen LogP contribution in [0.5, 0.6) is 0 Å². The van der Waals surface area contributed by atoms with E-state index in [1.807, 2.05) is 42.5 Å². The summed E-state index contributed by atoms with van der Waals surface area (Å²) in [6.07, 6.45) is 0.512. The Morgan fingerprint density at radius 1 is 0.850 bits per heavy atom. The topological polar surface area (TPSA) is 99.8 Å². The number of aromatic amines is 1. The standard InChI is InChI=1S/C31H33N5O4/c37-30(24-5-3-4-23(18-24)21-35-10-14-39-15-11-35)32-28-20-22(8-9-29(28)36-12-16-40-17-13-36)19-27-25-6-1-2-7-26(25)31(38)34-33-27/h1-9,18,20H,10-17,19,21H2,(H,32,37)(H,34,38). The summed E-state index contributed by atoms with van der Waals surface area (Å²) < 4.78 is 11.0. The van der Waals surface area contributed by atoms with Crippen molar-refractivity contribution in [2.75, 3.05) is 62.8 Å². The normalized spacial score (nSPS) is 16.2. The minimum absolute atomic E-state index is 0.150. The number of hydrogen-bond donors (Lipinski definition) is 2. The molecule has 0 aliphatic carbocycles. The third-order valence-electron chi connectivity index (χ3n) is 7.51. The average molecular weight is 540 g/mol. The van der Waals surface area contributed by atoms with Gasteiger partial charge in [-0.15, -0.1) is 0 Å². The highest BCUT2D eigenvalue weighted by Crippen LogP contribution is 2.30. The van der Waals surface area contributed by atoms with Gasteiger partial charge >= 0.3 is 0 Å². The number of nitrogens with one attached hydrogen (secondary N) is 2. The molecule has 6 rings (SSSR count). The van der Waals surface area contributed by atoms with Crippen molar-refractivity contribution in [1.29, 1.82) is 0 Å². The minimum Gasteiger partial charge on any atom is -0.379 e. The quantitative estimate of drug-likeness (QED) is 0.371. The zero-order valence-electron chi connectivity index (χ0n) is 22.4. The fourth-order valence-electron chi connectivity index (χ4n) is 5.40. The highest BCUT2D eigenvalue weighted by atomic mass is 16.5. The van der Waals surface area contributed by atoms with E-state index in [-0.39, 0.29) is 11.5 Å². The van der Waals surface area contributed by atoms with Crippen molar-refractivity contribution in [3.8, 4) is 0 Å². The molecule has 2 aliphatic heterocycles. The Hall–Kier alpha value is -4.05. The van der Waals surface area contributed by atoms with E-state index in [1.165, 1.54) is 0 Å². The van der Waals surface area contributed by atoms with Crippen LogP contribution in [0, 0.1) is 0 Å². The van der Waals surface area contributed by atoms with Crippen LogP contribution in [-0.4, -0.2) is 73.6 Å². The van der Waals surface area contributed by atoms with Crippen molar-refractivity contribution in [3.05, 3.63) is 99.5 Å². The van der Waals surface area contributed by atoms with Gasteiger partial charge in [-0.3, -0.25) is 14.5 Å². The van der Waals surface area contributed by atoms with Crippen molar-refractivity contribution >= 4 is 28.1 Å². The van der Waals surface area contributed by atoms with Gasteiger partial charge in [0.2, 0.25) is 0 Å². The number of ether oxygens (including phenoxy) is 2. The van der Waals surface area contributed by atoms with Crippen LogP contribution in [0.2, 0.25) is 0 Å². The SMILES string of the molecule is O=C(Nc1cc(Cc2n[nH]c(=O)c3ccccc23)ccc1N1CCOCC1)c1cccc(CN2CCOCC2)c1. The second-order valence-electron chi connectivity index (χ2n) is 10.2. The first-order valence-electron chi connectivity index (χ1n) is 13.8. The highest BCUT2D eigenvalue weighted by molar-refractivity contribution is 6.06. The summed E-state index contributed by atoms with van der Waals surface area (Å²) in [6, 6.07) is 21.4. The number of amides is 1. The van der Waals surface area contributed by atoms with Crippen LogP contribution >= 0.6 is 0 Å². The number of aromatic nitrogens is 2. The summed E-state index contributed by atoms with van der Waals surface area (Å²) >= 11 is 0. The predicted molar refractivity (Wildman–Crippen MR) is 155 cm³/mol. The Kier molecular flexibility index (Phi) is 7.85. The molecule has 0 unspecified atom stereocenters. The van der Waals surface area contributed by atoms with E-state index in [1.54, 1.807) is 6.07 Å². The van der Waals surface area contributed by atoms with Gasteiger partial charge in [-0.25, -0.2) is 5.10 Å². The number of benzene rings is 3. The molecule has 3 aromatic carbocycles. The molecule has 0 spiro atoms. The molecule has 206 valence electrons. The fraction of sp³-hybridized carbons (Fsp3) is 0.323. The van der Waals surface area contributed by atoms with Crippen LogP contribution in [-0.2, 0) is 22.4 Å². The van der Waals surface area contributed by atoms with Crippen LogP contribution < -0.4 is 15.8 Å². The van der Waals surface area contributed by atoms with Gasteiger partial charge in [-0.2, -0.15) is 5.10 Å². The Morgan fingerprint density at radius 2 is 1.60 bits per heavy atom. The highest BCUT2D eigenvalue weighted by Gasteiger charge is 2.19. The molecule has 9 heteroatoms. The van der Waals surface area contributed by atoms with Crippen LogP contribution in [0.4, 0.5) is 11.4 Å². The summed E-state index contributed by atoms with van der Waals surface area (Å²) in [7, 11) is 0. The number of carbonyl (C=O) groups excluding carboxylic acids is 1. The number of rotatable bonds is 7. The van der Waals surface area contributed by atoms with E-state index >= 15 is 0 Å². The third kappa shape index (κ3) is 5.91. The molecule has 4 aromatic rings. The fourth-order valence-corrected chi connectivity index (χ4v) is 5.40. The number of fused-ring (bicyclic) bond motifs is 1. The van der Waals surface area contributed by atoms with E-state index in [9.17, 15) is 9.59 Å². The van der Waals surface area contributed by atoms with Gasteiger partial charge in [0.25, 0.3) is 11.5 Å². The molecule has 3 heterocycles. The van der Waals surface area contributed by atoms with Crippen molar-refractivity contribution in [3.63, 3.8) is 0 Å². The molecule has 0 radical (unpaired) electrons. The molecule has 2 aliphatic rings. The molecular formula is C31H33N5O4. The number of carbonyl (C=O) groups is 1. The third-order valence-corrected chi connectivity index (χ3v) is 7.51. The Labute approximate surface area is 232 Å². The second kappa shape index (κ2) is 12.0. The van der Waals surface area contributed by atoms with E-state index in [0.717, 1.165) is 79.5 Å². The van der Waals surface area contributed by atoms with E-state index in [4.69, 9.17) is 9.47 Å². The lowest BCUT2D eigenvalue weighted by Crippen LogP contribution is -2.36. The minimum atomic E-state index is -0.203. The maximum Gasteiger partial charge on any atom is 0.272 e. The number of anilines is 2. The average Bonchev–Trinajstić information content (AvgIpc) is 3.00. The zero-order chi connectivity index (χ0) is 27.3. The Balaban J connectivity index is 1.27. The molecule has 40 heavy (non-hydrogen) atoms. The Bertz CT molecular complexity index is 1560. The largest absolute Gasteiger partial charge is 0.379 e. The number of hydrogen-bond acceptors (Lipinski definition) is 7. The Morgan fingerprint density at radius 3 is 2.40 bits per heavy atom. The molecule has 2 fully saturated rings. The van der Waals surface area contributed by atoms with Crippen molar-refractivity contribution < 1.29 is 14.3 Å². The molecule has 0 atom stereocenters. The summed E-state index contributed by atoms with van der Waals surface area (Å²) in [4.78, 5) is 30.4. The summed E-state index contributed by atoms with van der Waals surface area (Å²) in [5.41, 5.74) is 5.00. The maximum atomic E-state index is 13.5. The zero-order valence-corrected chi connectivity index (χ0v) is 22.4. The molecule has 2 saturated heterocycles. The van der Waals surface area contributed by atoms with Crippen LogP contribution in [0.25, 0.3) is 10.8 Å². The van der Waals surface area contributed by atoms with E-state index in [0.29, 0.717) is 30.6 Å². The molecule has 0 saturated carbocycles. The van der Waals surface area contributed by atoms with Crippen LogP contribution in [0.1, 0.15) is 27.2 Å². The smallest absolute Gasteiger partial charge is 0.272 e. The van der Waals surface area contributed by atoms with Crippen LogP contribution in [0.15, 0.2) is 71.5 Å². The lowest BCUT2D eigenvalue weighted by atomic mass is 10.0. The predicted octanol–water partition coefficient (Wildman–Crippen LogP) is 3.44. The first-order chi connectivity index (χ1) is 19.6. The monoisotopic (exact) mass is 539 g/mol. The van der Waals surface area contributed by atoms with Gasteiger partial charge in [0, 0.05) is 50.1 Å². The van der Waals surface area contributed by atoms with Gasteiger partial charge < -0.3 is 19.7 Å². The van der Waals surface area contributed by atoms with Gasteiger partial charge in [-0.05, 0) is 41.5 Å². The molecule has 1 amide bonds. The van der Waals surface area contributed by atoms with Gasteiger partial charge in [0.1, 0.15) is 0 Å². The van der Waals surface area contributed by atoms with E-state index < -0.39 is 0 Å².